The predicted molar refractivity (Wildman–Crippen MR) is 70.6 cm³/mol. The number of nitrogens with two attached hydrogens (primary N) is 1. The van der Waals surface area contributed by atoms with Gasteiger partial charge in [-0.15, -0.1) is 0 Å². The number of carbonyl (C=O) groups excluding carboxylic acids is 1. The molecule has 0 saturated carbocycles. The first kappa shape index (κ1) is 16.1. The molecule has 0 heterocycles. The predicted octanol–water partition coefficient (Wildman–Crippen LogP) is 3.20. The van der Waals surface area contributed by atoms with E-state index in [0.717, 1.165) is 0 Å². The highest BCUT2D eigenvalue weighted by atomic mass is 19.4. The largest absolute Gasteiger partial charge is 0.462 e. The first-order valence-electron chi connectivity index (χ1n) is 6.13. The Labute approximate surface area is 115 Å². The van der Waals surface area contributed by atoms with Crippen LogP contribution < -0.4 is 11.1 Å². The molecule has 1 unspecified atom stereocenters. The lowest BCUT2D eigenvalue weighted by molar-refractivity contribution is -0.136. The van der Waals surface area contributed by atoms with E-state index >= 15 is 0 Å². The van der Waals surface area contributed by atoms with Gasteiger partial charge in [-0.25, -0.2) is 4.79 Å². The number of carbonyl (C=O) groups is 1. The second kappa shape index (κ2) is 6.49. The fourth-order valence-corrected chi connectivity index (χ4v) is 1.74. The zero-order chi connectivity index (χ0) is 15.3. The average Bonchev–Trinajstić information content (AvgIpc) is 2.29. The molecule has 0 bridgehead atoms. The molecule has 0 radical (unpaired) electrons. The van der Waals surface area contributed by atoms with Crippen molar-refractivity contribution in [1.29, 1.82) is 0 Å². The molecule has 7 heteroatoms. The van der Waals surface area contributed by atoms with Crippen LogP contribution in [-0.4, -0.2) is 24.8 Å². The summed E-state index contributed by atoms with van der Waals surface area (Å²) in [6.07, 6.45) is -5.25. The molecule has 1 aromatic carbocycles. The Bertz CT molecular complexity index is 475. The monoisotopic (exact) mass is 290 g/mol. The van der Waals surface area contributed by atoms with Crippen molar-refractivity contribution in [3.8, 4) is 0 Å². The smallest absolute Gasteiger partial charge is 0.391 e. The molecule has 0 fully saturated rings. The number of rotatable bonds is 5. The Kier molecular flexibility index (Phi) is 5.24. The second-order valence-corrected chi connectivity index (χ2v) is 4.35. The Morgan fingerprint density at radius 2 is 2.10 bits per heavy atom. The minimum atomic E-state index is -4.26. The Hall–Kier alpha value is -1.92. The molecule has 0 aromatic heterocycles. The third kappa shape index (κ3) is 4.64. The Morgan fingerprint density at radius 3 is 2.65 bits per heavy atom. The Morgan fingerprint density at radius 1 is 1.45 bits per heavy atom. The van der Waals surface area contributed by atoms with Crippen molar-refractivity contribution in [2.45, 2.75) is 32.5 Å². The molecule has 0 saturated heterocycles. The molecule has 0 aliphatic heterocycles. The molecular formula is C13H17F3N2O2. The van der Waals surface area contributed by atoms with Crippen LogP contribution in [0, 0.1) is 0 Å². The number of nitrogens with one attached hydrogen (secondary N) is 1. The standard InChI is InChI=1S/C13H17F3N2O2/c1-3-20-12(19)9-5-4-6-10(11(9)17)18-8(2)7-13(14,15)16/h4-6,8,18H,3,7,17H2,1-2H3. The summed E-state index contributed by atoms with van der Waals surface area (Å²) in [5.74, 6) is -0.600. The van der Waals surface area contributed by atoms with Crippen molar-refractivity contribution in [3.05, 3.63) is 23.8 Å². The number of ether oxygens (including phenoxy) is 1. The number of hydrogen-bond donors (Lipinski definition) is 2. The van der Waals surface area contributed by atoms with Gasteiger partial charge in [0, 0.05) is 6.04 Å². The number of esters is 1. The quantitative estimate of drug-likeness (QED) is 0.645. The highest BCUT2D eigenvalue weighted by molar-refractivity contribution is 5.98. The van der Waals surface area contributed by atoms with Crippen LogP contribution in [0.25, 0.3) is 0 Å². The van der Waals surface area contributed by atoms with Crippen molar-refractivity contribution in [3.63, 3.8) is 0 Å². The second-order valence-electron chi connectivity index (χ2n) is 4.35. The van der Waals surface area contributed by atoms with E-state index in [1.54, 1.807) is 6.92 Å². The molecule has 0 spiro atoms. The number of hydrogen-bond acceptors (Lipinski definition) is 4. The van der Waals surface area contributed by atoms with Crippen LogP contribution in [-0.2, 0) is 4.74 Å². The van der Waals surface area contributed by atoms with Crippen LogP contribution in [0.2, 0.25) is 0 Å². The first-order chi connectivity index (χ1) is 9.24. The van der Waals surface area contributed by atoms with E-state index in [1.807, 2.05) is 0 Å². The average molecular weight is 290 g/mol. The van der Waals surface area contributed by atoms with E-state index < -0.39 is 24.6 Å². The minimum Gasteiger partial charge on any atom is -0.462 e. The highest BCUT2D eigenvalue weighted by Gasteiger charge is 2.30. The normalized spacial score (nSPS) is 12.8. The molecule has 0 aliphatic carbocycles. The summed E-state index contributed by atoms with van der Waals surface area (Å²) in [6, 6.07) is 3.66. The van der Waals surface area contributed by atoms with Crippen LogP contribution in [0.4, 0.5) is 24.5 Å². The third-order valence-corrected chi connectivity index (χ3v) is 2.54. The van der Waals surface area contributed by atoms with Gasteiger partial charge in [0.1, 0.15) is 0 Å². The third-order valence-electron chi connectivity index (χ3n) is 2.54. The zero-order valence-electron chi connectivity index (χ0n) is 11.3. The molecule has 0 amide bonds. The van der Waals surface area contributed by atoms with Gasteiger partial charge in [0.2, 0.25) is 0 Å². The van der Waals surface area contributed by atoms with Gasteiger partial charge in [-0.05, 0) is 26.0 Å². The van der Waals surface area contributed by atoms with Gasteiger partial charge in [0.15, 0.2) is 0 Å². The summed E-state index contributed by atoms with van der Waals surface area (Å²) in [5.41, 5.74) is 6.29. The van der Waals surface area contributed by atoms with Gasteiger partial charge >= 0.3 is 12.1 Å². The van der Waals surface area contributed by atoms with E-state index in [-0.39, 0.29) is 23.5 Å². The Balaban J connectivity index is 2.86. The maximum atomic E-state index is 12.3. The molecule has 1 rings (SSSR count). The van der Waals surface area contributed by atoms with Crippen molar-refractivity contribution >= 4 is 17.3 Å². The fraction of sp³-hybridized carbons (Fsp3) is 0.462. The van der Waals surface area contributed by atoms with E-state index in [1.165, 1.54) is 25.1 Å². The zero-order valence-corrected chi connectivity index (χ0v) is 11.3. The first-order valence-corrected chi connectivity index (χ1v) is 6.13. The molecule has 4 nitrogen and oxygen atoms in total. The number of alkyl halides is 3. The molecule has 0 aliphatic rings. The highest BCUT2D eigenvalue weighted by Crippen LogP contribution is 2.27. The maximum Gasteiger partial charge on any atom is 0.391 e. The van der Waals surface area contributed by atoms with E-state index in [2.05, 4.69) is 5.32 Å². The van der Waals surface area contributed by atoms with Crippen molar-refractivity contribution in [2.75, 3.05) is 17.7 Å². The summed E-state index contributed by atoms with van der Waals surface area (Å²) in [4.78, 5) is 11.6. The van der Waals surface area contributed by atoms with E-state index in [9.17, 15) is 18.0 Å². The van der Waals surface area contributed by atoms with Gasteiger partial charge in [-0.1, -0.05) is 6.07 Å². The molecular weight excluding hydrogens is 273 g/mol. The number of anilines is 2. The molecule has 1 atom stereocenters. The lowest BCUT2D eigenvalue weighted by atomic mass is 10.1. The number of nitrogen functional groups attached to an aromatic ring is 1. The fourth-order valence-electron chi connectivity index (χ4n) is 1.74. The van der Waals surface area contributed by atoms with Crippen LogP contribution in [0.15, 0.2) is 18.2 Å². The van der Waals surface area contributed by atoms with Crippen molar-refractivity contribution in [1.82, 2.24) is 0 Å². The van der Waals surface area contributed by atoms with Crippen LogP contribution in [0.1, 0.15) is 30.6 Å². The topological polar surface area (TPSA) is 64.3 Å². The summed E-state index contributed by atoms with van der Waals surface area (Å²) in [5, 5.41) is 2.65. The van der Waals surface area contributed by atoms with Gasteiger partial charge in [-0.3, -0.25) is 0 Å². The van der Waals surface area contributed by atoms with E-state index in [0.29, 0.717) is 0 Å². The molecule has 20 heavy (non-hydrogen) atoms. The SMILES string of the molecule is CCOC(=O)c1cccc(NC(C)CC(F)(F)F)c1N. The van der Waals surface area contributed by atoms with Crippen LogP contribution in [0.3, 0.4) is 0 Å². The van der Waals surface area contributed by atoms with Crippen molar-refractivity contribution < 1.29 is 22.7 Å². The summed E-state index contributed by atoms with van der Waals surface area (Å²) < 4.78 is 41.6. The van der Waals surface area contributed by atoms with Gasteiger partial charge < -0.3 is 15.8 Å². The van der Waals surface area contributed by atoms with Gasteiger partial charge in [-0.2, -0.15) is 13.2 Å². The number of halogens is 3. The molecule has 112 valence electrons. The van der Waals surface area contributed by atoms with E-state index in [4.69, 9.17) is 10.5 Å². The van der Waals surface area contributed by atoms with Crippen LogP contribution >= 0.6 is 0 Å². The lowest BCUT2D eigenvalue weighted by Crippen LogP contribution is -2.24. The molecule has 3 N–H and O–H groups in total. The maximum absolute atomic E-state index is 12.3. The van der Waals surface area contributed by atoms with Gasteiger partial charge in [0.05, 0.1) is 30.0 Å². The van der Waals surface area contributed by atoms with Crippen molar-refractivity contribution in [2.24, 2.45) is 0 Å². The summed E-state index contributed by atoms with van der Waals surface area (Å²) in [7, 11) is 0. The number of benzene rings is 1. The summed E-state index contributed by atoms with van der Waals surface area (Å²) >= 11 is 0. The molecule has 1 aromatic rings. The van der Waals surface area contributed by atoms with Gasteiger partial charge in [0.25, 0.3) is 0 Å². The number of para-hydroxylation sites is 1. The summed E-state index contributed by atoms with van der Waals surface area (Å²) in [6.45, 7) is 3.24. The minimum absolute atomic E-state index is 0.0833. The van der Waals surface area contributed by atoms with Crippen LogP contribution in [0.5, 0.6) is 0 Å². The lowest BCUT2D eigenvalue weighted by Gasteiger charge is -2.19.